The smallest absolute Gasteiger partial charge is 0.275 e. The fourth-order valence-electron chi connectivity index (χ4n) is 3.13. The quantitative estimate of drug-likeness (QED) is 0.317. The van der Waals surface area contributed by atoms with Crippen molar-refractivity contribution in [3.8, 4) is 10.6 Å². The summed E-state index contributed by atoms with van der Waals surface area (Å²) in [5.41, 5.74) is 5.30. The third-order valence-electron chi connectivity index (χ3n) is 4.70. The molecule has 0 spiro atoms. The van der Waals surface area contributed by atoms with E-state index in [1.165, 1.54) is 21.6 Å². The van der Waals surface area contributed by atoms with Crippen LogP contribution in [0.25, 0.3) is 20.8 Å². The van der Waals surface area contributed by atoms with Gasteiger partial charge in [0.25, 0.3) is 5.91 Å². The Balaban J connectivity index is 1.27. The predicted molar refractivity (Wildman–Crippen MR) is 130 cm³/mol. The van der Waals surface area contributed by atoms with Gasteiger partial charge in [-0.15, -0.1) is 22.7 Å². The number of nitrogens with one attached hydrogen (secondary N) is 2. The minimum absolute atomic E-state index is 0.236. The van der Waals surface area contributed by atoms with Gasteiger partial charge in [-0.25, -0.2) is 9.97 Å². The number of hydrogen-bond donors (Lipinski definition) is 2. The van der Waals surface area contributed by atoms with Crippen LogP contribution in [0.3, 0.4) is 0 Å². The minimum Gasteiger partial charge on any atom is -0.332 e. The number of anilines is 3. The summed E-state index contributed by atoms with van der Waals surface area (Å²) in [5.74, 6) is -0.236. The van der Waals surface area contributed by atoms with Crippen molar-refractivity contribution in [1.82, 2.24) is 9.97 Å². The average Bonchev–Trinajstić information content (AvgIpc) is 3.42. The van der Waals surface area contributed by atoms with Gasteiger partial charge in [0.2, 0.25) is 0 Å². The largest absolute Gasteiger partial charge is 0.332 e. The van der Waals surface area contributed by atoms with Crippen molar-refractivity contribution in [3.63, 3.8) is 0 Å². The van der Waals surface area contributed by atoms with Gasteiger partial charge in [-0.2, -0.15) is 0 Å². The molecule has 152 valence electrons. The summed E-state index contributed by atoms with van der Waals surface area (Å²) in [4.78, 5) is 21.7. The zero-order chi connectivity index (χ0) is 21.2. The number of para-hydroxylation sites is 1. The first-order chi connectivity index (χ1) is 15.1. The third-order valence-corrected chi connectivity index (χ3v) is 6.52. The van der Waals surface area contributed by atoms with E-state index in [1.54, 1.807) is 16.7 Å². The Labute approximate surface area is 187 Å². The minimum atomic E-state index is -0.236. The standard InChI is InChI=1S/C24H18N4OS2/c1-15-7-12-19-21(13-15)31-23(27-19)16-8-10-18(11-9-16)25-22(29)20-14-30-24(28-20)26-17-5-3-2-4-6-17/h2-14H,1H3,(H,25,29)(H,26,28). The van der Waals surface area contributed by atoms with Crippen molar-refractivity contribution in [2.24, 2.45) is 0 Å². The number of fused-ring (bicyclic) bond motifs is 1. The van der Waals surface area contributed by atoms with Crippen molar-refractivity contribution in [2.45, 2.75) is 6.92 Å². The van der Waals surface area contributed by atoms with Gasteiger partial charge in [0.1, 0.15) is 10.7 Å². The van der Waals surface area contributed by atoms with Crippen molar-refractivity contribution in [3.05, 3.63) is 89.4 Å². The molecule has 0 saturated heterocycles. The highest BCUT2D eigenvalue weighted by Gasteiger charge is 2.12. The molecule has 31 heavy (non-hydrogen) atoms. The van der Waals surface area contributed by atoms with Gasteiger partial charge in [-0.05, 0) is 61.0 Å². The number of aryl methyl sites for hydroxylation is 1. The average molecular weight is 443 g/mol. The lowest BCUT2D eigenvalue weighted by Crippen LogP contribution is -2.12. The first-order valence-corrected chi connectivity index (χ1v) is 11.4. The zero-order valence-electron chi connectivity index (χ0n) is 16.6. The molecule has 0 atom stereocenters. The molecule has 0 bridgehead atoms. The number of hydrogen-bond acceptors (Lipinski definition) is 6. The van der Waals surface area contributed by atoms with E-state index in [-0.39, 0.29) is 5.91 Å². The maximum atomic E-state index is 12.6. The molecule has 2 aromatic heterocycles. The SMILES string of the molecule is Cc1ccc2nc(-c3ccc(NC(=O)c4csc(Nc5ccccc5)n4)cc3)sc2c1. The Morgan fingerprint density at radius 3 is 2.52 bits per heavy atom. The normalized spacial score (nSPS) is 10.9. The van der Waals surface area contributed by atoms with Crippen molar-refractivity contribution in [2.75, 3.05) is 10.6 Å². The van der Waals surface area contributed by atoms with Crippen LogP contribution in [0.2, 0.25) is 0 Å². The van der Waals surface area contributed by atoms with Crippen LogP contribution in [0.5, 0.6) is 0 Å². The summed E-state index contributed by atoms with van der Waals surface area (Å²) in [6.07, 6.45) is 0. The number of thiazole rings is 2. The van der Waals surface area contributed by atoms with Crippen LogP contribution in [0, 0.1) is 6.92 Å². The van der Waals surface area contributed by atoms with E-state index in [1.807, 2.05) is 60.7 Å². The molecule has 5 aromatic rings. The van der Waals surface area contributed by atoms with Gasteiger partial charge >= 0.3 is 0 Å². The van der Waals surface area contributed by atoms with Gasteiger partial charge in [0, 0.05) is 22.3 Å². The summed E-state index contributed by atoms with van der Waals surface area (Å²) in [6.45, 7) is 2.08. The molecule has 0 aliphatic rings. The molecule has 0 aliphatic heterocycles. The van der Waals surface area contributed by atoms with Crippen LogP contribution in [-0.4, -0.2) is 15.9 Å². The molecule has 0 aliphatic carbocycles. The van der Waals surface area contributed by atoms with Crippen LogP contribution < -0.4 is 10.6 Å². The molecule has 0 radical (unpaired) electrons. The lowest BCUT2D eigenvalue weighted by molar-refractivity contribution is 0.102. The number of nitrogens with zero attached hydrogens (tertiary/aromatic N) is 2. The molecular formula is C24H18N4OS2. The molecule has 1 amide bonds. The van der Waals surface area contributed by atoms with Gasteiger partial charge in [-0.3, -0.25) is 4.79 Å². The molecular weight excluding hydrogens is 424 g/mol. The lowest BCUT2D eigenvalue weighted by Gasteiger charge is -2.04. The molecule has 5 nitrogen and oxygen atoms in total. The molecule has 5 rings (SSSR count). The number of aromatic nitrogens is 2. The fraction of sp³-hybridized carbons (Fsp3) is 0.0417. The number of carbonyl (C=O) groups is 1. The van der Waals surface area contributed by atoms with E-state index < -0.39 is 0 Å². The third kappa shape index (κ3) is 4.33. The number of benzene rings is 3. The molecule has 0 fully saturated rings. The van der Waals surface area contributed by atoms with Crippen LogP contribution in [0.15, 0.2) is 78.2 Å². The molecule has 2 heterocycles. The topological polar surface area (TPSA) is 66.9 Å². The Morgan fingerprint density at radius 1 is 0.903 bits per heavy atom. The van der Waals surface area contributed by atoms with Crippen molar-refractivity contribution in [1.29, 1.82) is 0 Å². The number of rotatable bonds is 5. The monoisotopic (exact) mass is 442 g/mol. The molecule has 2 N–H and O–H groups in total. The van der Waals surface area contributed by atoms with Gasteiger partial charge in [0.05, 0.1) is 10.2 Å². The van der Waals surface area contributed by atoms with Gasteiger partial charge in [0.15, 0.2) is 5.13 Å². The first kappa shape index (κ1) is 19.4. The fourth-order valence-corrected chi connectivity index (χ4v) is 4.91. The van der Waals surface area contributed by atoms with E-state index in [0.717, 1.165) is 27.5 Å². The second kappa shape index (κ2) is 8.29. The summed E-state index contributed by atoms with van der Waals surface area (Å²) >= 11 is 3.07. The van der Waals surface area contributed by atoms with E-state index in [4.69, 9.17) is 4.98 Å². The van der Waals surface area contributed by atoms with E-state index in [9.17, 15) is 4.79 Å². The van der Waals surface area contributed by atoms with Gasteiger partial charge in [-0.1, -0.05) is 24.3 Å². The van der Waals surface area contributed by atoms with E-state index in [0.29, 0.717) is 10.8 Å². The summed E-state index contributed by atoms with van der Waals surface area (Å²) in [6, 6.07) is 23.8. The zero-order valence-corrected chi connectivity index (χ0v) is 18.3. The Kier molecular flexibility index (Phi) is 5.19. The summed E-state index contributed by atoms with van der Waals surface area (Å²) in [5, 5.41) is 9.51. The Hall–Kier alpha value is -3.55. The Bertz CT molecular complexity index is 1360. The van der Waals surface area contributed by atoms with E-state index in [2.05, 4.69) is 34.7 Å². The Morgan fingerprint density at radius 2 is 1.71 bits per heavy atom. The lowest BCUT2D eigenvalue weighted by atomic mass is 10.2. The van der Waals surface area contributed by atoms with Crippen LogP contribution in [-0.2, 0) is 0 Å². The van der Waals surface area contributed by atoms with Crippen molar-refractivity contribution < 1.29 is 4.79 Å². The summed E-state index contributed by atoms with van der Waals surface area (Å²) < 4.78 is 1.18. The van der Waals surface area contributed by atoms with Gasteiger partial charge < -0.3 is 10.6 Å². The second-order valence-corrected chi connectivity index (χ2v) is 8.94. The maximum Gasteiger partial charge on any atom is 0.275 e. The highest BCUT2D eigenvalue weighted by Crippen LogP contribution is 2.31. The van der Waals surface area contributed by atoms with Crippen LogP contribution in [0.4, 0.5) is 16.5 Å². The maximum absolute atomic E-state index is 12.6. The number of carbonyl (C=O) groups excluding carboxylic acids is 1. The predicted octanol–water partition coefficient (Wildman–Crippen LogP) is 6.72. The van der Waals surface area contributed by atoms with E-state index >= 15 is 0 Å². The van der Waals surface area contributed by atoms with Crippen LogP contribution in [0.1, 0.15) is 16.1 Å². The molecule has 0 unspecified atom stereocenters. The first-order valence-electron chi connectivity index (χ1n) is 9.71. The highest BCUT2D eigenvalue weighted by molar-refractivity contribution is 7.21. The summed E-state index contributed by atoms with van der Waals surface area (Å²) in [7, 11) is 0. The second-order valence-electron chi connectivity index (χ2n) is 7.05. The molecule has 3 aromatic carbocycles. The molecule has 0 saturated carbocycles. The number of amides is 1. The van der Waals surface area contributed by atoms with Crippen molar-refractivity contribution >= 4 is 55.3 Å². The highest BCUT2D eigenvalue weighted by atomic mass is 32.1. The van der Waals surface area contributed by atoms with Crippen LogP contribution >= 0.6 is 22.7 Å². The molecule has 7 heteroatoms.